The summed E-state index contributed by atoms with van der Waals surface area (Å²) in [5.41, 5.74) is 8.12. The summed E-state index contributed by atoms with van der Waals surface area (Å²) in [5, 5.41) is 14.1. The number of benzene rings is 1. The van der Waals surface area contributed by atoms with Gasteiger partial charge in [0.2, 0.25) is 5.91 Å². The molecule has 3 rings (SSSR count). The van der Waals surface area contributed by atoms with Gasteiger partial charge in [-0.3, -0.25) is 4.79 Å². The number of nitrogens with one attached hydrogen (secondary N) is 1. The zero-order valence-electron chi connectivity index (χ0n) is 9.05. The third-order valence-corrected chi connectivity index (χ3v) is 3.18. The van der Waals surface area contributed by atoms with Crippen molar-refractivity contribution in [1.29, 1.82) is 0 Å². The van der Waals surface area contributed by atoms with Gasteiger partial charge in [-0.1, -0.05) is 11.3 Å². The summed E-state index contributed by atoms with van der Waals surface area (Å²) in [6, 6.07) is 5.54. The van der Waals surface area contributed by atoms with Crippen LogP contribution in [0.25, 0.3) is 0 Å². The monoisotopic (exact) mass is 229 g/mol. The largest absolute Gasteiger partial charge is 0.366 e. The number of amides is 1. The number of hydrogen-bond donors (Lipinski definition) is 2. The third kappa shape index (κ3) is 1.57. The van der Waals surface area contributed by atoms with Crippen LogP contribution in [0.1, 0.15) is 39.6 Å². The van der Waals surface area contributed by atoms with Gasteiger partial charge in [-0.2, -0.15) is 5.21 Å². The number of aromatic nitrogens is 4. The molecular formula is C11H11N5O. The molecule has 6 nitrogen and oxygen atoms in total. The molecule has 0 radical (unpaired) electrons. The second kappa shape index (κ2) is 3.65. The molecule has 1 heterocycles. The summed E-state index contributed by atoms with van der Waals surface area (Å²) >= 11 is 0. The van der Waals surface area contributed by atoms with Crippen molar-refractivity contribution in [1.82, 2.24) is 20.6 Å². The van der Waals surface area contributed by atoms with Gasteiger partial charge < -0.3 is 5.73 Å². The van der Waals surface area contributed by atoms with Gasteiger partial charge >= 0.3 is 0 Å². The topological polar surface area (TPSA) is 97.5 Å². The van der Waals surface area contributed by atoms with E-state index in [0.29, 0.717) is 11.4 Å². The second-order valence-corrected chi connectivity index (χ2v) is 4.14. The van der Waals surface area contributed by atoms with Gasteiger partial charge in [-0.15, -0.1) is 10.2 Å². The first kappa shape index (κ1) is 9.95. The van der Waals surface area contributed by atoms with E-state index in [-0.39, 0.29) is 5.92 Å². The van der Waals surface area contributed by atoms with E-state index in [1.807, 2.05) is 12.1 Å². The number of aryl methyl sites for hydroxylation is 1. The molecule has 0 saturated carbocycles. The number of aromatic amines is 1. The number of hydrogen-bond acceptors (Lipinski definition) is 4. The lowest BCUT2D eigenvalue weighted by atomic mass is 9.99. The van der Waals surface area contributed by atoms with E-state index in [9.17, 15) is 4.79 Å². The van der Waals surface area contributed by atoms with Crippen LogP contribution in [0.15, 0.2) is 18.2 Å². The van der Waals surface area contributed by atoms with Gasteiger partial charge in [0.15, 0.2) is 5.82 Å². The van der Waals surface area contributed by atoms with E-state index in [0.717, 1.165) is 24.0 Å². The molecule has 1 aromatic carbocycles. The number of nitrogens with zero attached hydrogens (tertiary/aromatic N) is 3. The Morgan fingerprint density at radius 1 is 1.47 bits per heavy atom. The molecule has 1 atom stereocenters. The van der Waals surface area contributed by atoms with E-state index in [1.165, 1.54) is 0 Å². The maximum atomic E-state index is 11.1. The van der Waals surface area contributed by atoms with Crippen LogP contribution in [0.5, 0.6) is 0 Å². The summed E-state index contributed by atoms with van der Waals surface area (Å²) in [7, 11) is 0. The molecule has 1 unspecified atom stereocenters. The van der Waals surface area contributed by atoms with E-state index in [4.69, 9.17) is 5.73 Å². The lowest BCUT2D eigenvalue weighted by Gasteiger charge is -2.06. The fraction of sp³-hybridized carbons (Fsp3) is 0.273. The molecule has 2 aromatic rings. The second-order valence-electron chi connectivity index (χ2n) is 4.14. The van der Waals surface area contributed by atoms with Gasteiger partial charge in [0.1, 0.15) is 0 Å². The molecule has 1 aliphatic carbocycles. The van der Waals surface area contributed by atoms with Gasteiger partial charge in [-0.25, -0.2) is 0 Å². The molecule has 17 heavy (non-hydrogen) atoms. The first-order valence-electron chi connectivity index (χ1n) is 5.41. The fourth-order valence-corrected chi connectivity index (χ4v) is 2.36. The number of fused-ring (bicyclic) bond motifs is 1. The normalized spacial score (nSPS) is 18.0. The average molecular weight is 229 g/mol. The molecule has 1 amide bonds. The predicted octanol–water partition coefficient (Wildman–Crippen LogP) is 0.377. The first-order chi connectivity index (χ1) is 8.25. The van der Waals surface area contributed by atoms with Crippen molar-refractivity contribution in [2.45, 2.75) is 18.8 Å². The molecule has 1 aliphatic rings. The number of H-pyrrole nitrogens is 1. The Morgan fingerprint density at radius 2 is 2.35 bits per heavy atom. The Hall–Kier alpha value is -2.24. The van der Waals surface area contributed by atoms with Crippen molar-refractivity contribution in [2.24, 2.45) is 5.73 Å². The van der Waals surface area contributed by atoms with Crippen molar-refractivity contribution in [3.63, 3.8) is 0 Å². The van der Waals surface area contributed by atoms with Crippen LogP contribution in [0.2, 0.25) is 0 Å². The Balaban J connectivity index is 2.01. The van der Waals surface area contributed by atoms with Crippen molar-refractivity contribution in [3.05, 3.63) is 40.7 Å². The van der Waals surface area contributed by atoms with Crippen molar-refractivity contribution >= 4 is 5.91 Å². The van der Waals surface area contributed by atoms with Crippen molar-refractivity contribution in [3.8, 4) is 0 Å². The number of nitrogens with two attached hydrogens (primary N) is 1. The van der Waals surface area contributed by atoms with Crippen LogP contribution in [0.3, 0.4) is 0 Å². The van der Waals surface area contributed by atoms with E-state index < -0.39 is 5.91 Å². The van der Waals surface area contributed by atoms with E-state index in [1.54, 1.807) is 6.07 Å². The standard InChI is InChI=1S/C11H11N5O/c12-10(17)7-2-3-8-6(5-7)1-4-9(8)11-13-15-16-14-11/h2-3,5,9H,1,4H2,(H2,12,17)(H,13,14,15,16). The summed E-state index contributed by atoms with van der Waals surface area (Å²) in [6.07, 6.45) is 1.85. The minimum Gasteiger partial charge on any atom is -0.366 e. The van der Waals surface area contributed by atoms with Gasteiger partial charge in [0.25, 0.3) is 0 Å². The van der Waals surface area contributed by atoms with Gasteiger partial charge in [0, 0.05) is 11.5 Å². The van der Waals surface area contributed by atoms with Crippen molar-refractivity contribution in [2.75, 3.05) is 0 Å². The third-order valence-electron chi connectivity index (χ3n) is 3.18. The van der Waals surface area contributed by atoms with Crippen LogP contribution in [0, 0.1) is 0 Å². The van der Waals surface area contributed by atoms with Crippen molar-refractivity contribution < 1.29 is 4.79 Å². The van der Waals surface area contributed by atoms with E-state index in [2.05, 4.69) is 20.6 Å². The van der Waals surface area contributed by atoms with Gasteiger partial charge in [0.05, 0.1) is 0 Å². The van der Waals surface area contributed by atoms with Crippen LogP contribution in [-0.2, 0) is 6.42 Å². The Morgan fingerprint density at radius 3 is 3.06 bits per heavy atom. The number of carbonyl (C=O) groups excluding carboxylic acids is 1. The Kier molecular flexibility index (Phi) is 2.14. The highest BCUT2D eigenvalue weighted by Crippen LogP contribution is 2.36. The minimum atomic E-state index is -0.393. The smallest absolute Gasteiger partial charge is 0.248 e. The highest BCUT2D eigenvalue weighted by Gasteiger charge is 2.27. The van der Waals surface area contributed by atoms with Gasteiger partial charge in [-0.05, 0) is 36.1 Å². The zero-order chi connectivity index (χ0) is 11.8. The zero-order valence-corrected chi connectivity index (χ0v) is 9.05. The summed E-state index contributed by atoms with van der Waals surface area (Å²) in [6.45, 7) is 0. The van der Waals surface area contributed by atoms with E-state index >= 15 is 0 Å². The summed E-state index contributed by atoms with van der Waals surface area (Å²) in [4.78, 5) is 11.1. The molecule has 0 aliphatic heterocycles. The maximum absolute atomic E-state index is 11.1. The molecule has 0 bridgehead atoms. The molecule has 0 spiro atoms. The van der Waals surface area contributed by atoms with Crippen LogP contribution >= 0.6 is 0 Å². The number of rotatable bonds is 2. The van der Waals surface area contributed by atoms with Crippen LogP contribution in [-0.4, -0.2) is 26.5 Å². The fourth-order valence-electron chi connectivity index (χ4n) is 2.36. The number of carbonyl (C=O) groups is 1. The SMILES string of the molecule is NC(=O)c1ccc2c(c1)CCC2c1nn[nH]n1. The maximum Gasteiger partial charge on any atom is 0.248 e. The lowest BCUT2D eigenvalue weighted by Crippen LogP contribution is -2.11. The molecule has 3 N–H and O–H groups in total. The summed E-state index contributed by atoms with van der Waals surface area (Å²) in [5.74, 6) is 0.483. The molecule has 1 aromatic heterocycles. The number of tetrazole rings is 1. The lowest BCUT2D eigenvalue weighted by molar-refractivity contribution is 0.1000. The number of primary amides is 1. The first-order valence-corrected chi connectivity index (χ1v) is 5.41. The molecule has 86 valence electrons. The Bertz CT molecular complexity index is 563. The van der Waals surface area contributed by atoms with Crippen LogP contribution < -0.4 is 5.73 Å². The minimum absolute atomic E-state index is 0.172. The highest BCUT2D eigenvalue weighted by molar-refractivity contribution is 5.93. The molecular weight excluding hydrogens is 218 g/mol. The molecule has 6 heteroatoms. The quantitative estimate of drug-likeness (QED) is 0.777. The predicted molar refractivity (Wildman–Crippen MR) is 59.3 cm³/mol. The highest BCUT2D eigenvalue weighted by atomic mass is 16.1. The molecule has 0 fully saturated rings. The Labute approximate surface area is 97.2 Å². The molecule has 0 saturated heterocycles. The summed E-state index contributed by atoms with van der Waals surface area (Å²) < 4.78 is 0. The average Bonchev–Trinajstić information content (AvgIpc) is 2.96. The van der Waals surface area contributed by atoms with Crippen LogP contribution in [0.4, 0.5) is 0 Å².